The molecule has 1 aliphatic rings. The van der Waals surface area contributed by atoms with Gasteiger partial charge in [-0.25, -0.2) is 12.1 Å². The zero-order chi connectivity index (χ0) is 16.6. The number of hydrogen-bond acceptors (Lipinski definition) is 0. The van der Waals surface area contributed by atoms with E-state index in [1.165, 1.54) is 52.8 Å². The van der Waals surface area contributed by atoms with Gasteiger partial charge in [-0.05, 0) is 0 Å². The molecular weight excluding hydrogens is 348 g/mol. The average molecular weight is 374 g/mol. The molecule has 0 unspecified atom stereocenters. The molecule has 1 aliphatic carbocycles. The van der Waals surface area contributed by atoms with Crippen molar-refractivity contribution in [2.75, 3.05) is 0 Å². The maximum absolute atomic E-state index is 5.45. The topological polar surface area (TPSA) is 0 Å². The molecule has 1 saturated carbocycles. The van der Waals surface area contributed by atoms with Gasteiger partial charge in [0.1, 0.15) is 0 Å². The van der Waals surface area contributed by atoms with Crippen molar-refractivity contribution in [3.05, 3.63) is 105 Å². The van der Waals surface area contributed by atoms with Gasteiger partial charge in [0.05, 0.1) is 0 Å². The van der Waals surface area contributed by atoms with Crippen LogP contribution in [-0.2, 0) is 21.7 Å². The monoisotopic (exact) mass is 374 g/mol. The third kappa shape index (κ3) is 6.13. The molecule has 4 aromatic rings. The molecule has 0 aliphatic heterocycles. The zero-order valence-electron chi connectivity index (χ0n) is 15.5. The van der Waals surface area contributed by atoms with Crippen LogP contribution in [0.2, 0.25) is 0 Å². The Balaban J connectivity index is 0.000000220. The summed E-state index contributed by atoms with van der Waals surface area (Å²) in [5, 5.41) is 5.39. The van der Waals surface area contributed by atoms with Crippen LogP contribution in [0.4, 0.5) is 0 Å². The van der Waals surface area contributed by atoms with Gasteiger partial charge in [0.25, 0.3) is 0 Å². The van der Waals surface area contributed by atoms with E-state index in [1.807, 2.05) is 30.3 Å². The number of allylic oxidation sites excluding steroid dienone is 1. The Morgan fingerprint density at radius 3 is 1.50 bits per heavy atom. The van der Waals surface area contributed by atoms with Crippen molar-refractivity contribution in [2.24, 2.45) is 0 Å². The summed E-state index contributed by atoms with van der Waals surface area (Å²) in [6, 6.07) is 29.3. The molecule has 0 nitrogen and oxygen atoms in total. The second-order valence-corrected chi connectivity index (χ2v) is 6.15. The van der Waals surface area contributed by atoms with E-state index >= 15 is 0 Å². The predicted molar refractivity (Wildman–Crippen MR) is 112 cm³/mol. The maximum atomic E-state index is 5.45. The third-order valence-corrected chi connectivity index (χ3v) is 4.32. The Kier molecular flexibility index (Phi) is 9.95. The summed E-state index contributed by atoms with van der Waals surface area (Å²) < 4.78 is 0. The number of fused-ring (bicyclic) bond motifs is 3. The first kappa shape index (κ1) is 22.2. The number of rotatable bonds is 0. The number of hydrogen-bond donors (Lipinski definition) is 0. The van der Waals surface area contributed by atoms with Crippen LogP contribution in [0.1, 0.15) is 25.7 Å². The molecule has 4 aromatic carbocycles. The van der Waals surface area contributed by atoms with Crippen molar-refractivity contribution in [3.8, 4) is 0 Å². The van der Waals surface area contributed by atoms with Gasteiger partial charge in [-0.1, -0.05) is 62.1 Å². The summed E-state index contributed by atoms with van der Waals surface area (Å²) in [5.74, 6) is 0. The van der Waals surface area contributed by atoms with E-state index in [9.17, 15) is 0 Å². The van der Waals surface area contributed by atoms with E-state index < -0.39 is 0 Å². The van der Waals surface area contributed by atoms with Crippen molar-refractivity contribution in [1.82, 2.24) is 0 Å². The summed E-state index contributed by atoms with van der Waals surface area (Å²) in [6.07, 6.45) is 5.01. The summed E-state index contributed by atoms with van der Waals surface area (Å²) >= 11 is 0. The Hall–Kier alpha value is -1.89. The van der Waals surface area contributed by atoms with Gasteiger partial charge in [-0.3, -0.25) is 5.57 Å². The molecule has 1 fully saturated rings. The standard InChI is InChI=1S/C13H9.C6H9.C5H5.CH3.Ti/c1-3-7-12-10(5-1)9-11-6-2-4-8-13(11)12;1-6-4-2-3-5-6;1-2-4-5-3-1;;/h1-9H;1H,2-5H2;1-5H;1H3;/q4*-1;+4. The van der Waals surface area contributed by atoms with E-state index in [0.29, 0.717) is 0 Å². The summed E-state index contributed by atoms with van der Waals surface area (Å²) in [4.78, 5) is 0. The minimum Gasteiger partial charge on any atom is -0.514 e. The van der Waals surface area contributed by atoms with Crippen LogP contribution in [0.3, 0.4) is 0 Å². The first-order valence-electron chi connectivity index (χ1n) is 8.64. The molecule has 0 amide bonds. The molecule has 5 rings (SSSR count). The molecule has 0 spiro atoms. The fraction of sp³-hybridized carbons (Fsp3) is 0.160. The van der Waals surface area contributed by atoms with Gasteiger partial charge < -0.3 is 14.0 Å². The fourth-order valence-corrected chi connectivity index (χ4v) is 3.05. The van der Waals surface area contributed by atoms with Crippen molar-refractivity contribution in [2.45, 2.75) is 25.7 Å². The first-order valence-corrected chi connectivity index (χ1v) is 8.64. The second kappa shape index (κ2) is 11.7. The molecule has 0 atom stereocenters. The average Bonchev–Trinajstić information content (AvgIpc) is 3.38. The predicted octanol–water partition coefficient (Wildman–Crippen LogP) is 7.48. The summed E-state index contributed by atoms with van der Waals surface area (Å²) in [5.41, 5.74) is 1.20. The molecule has 0 N–H and O–H groups in total. The molecule has 0 bridgehead atoms. The molecule has 26 heavy (non-hydrogen) atoms. The van der Waals surface area contributed by atoms with Gasteiger partial charge in [0.15, 0.2) is 0 Å². The molecule has 0 aromatic heterocycles. The normalized spacial score (nSPS) is 12.2. The van der Waals surface area contributed by atoms with Crippen LogP contribution in [0.5, 0.6) is 0 Å². The van der Waals surface area contributed by atoms with Gasteiger partial charge in [0, 0.05) is 0 Å². The molecule has 1 heteroatoms. The summed E-state index contributed by atoms with van der Waals surface area (Å²) in [6.45, 7) is 5.45. The Morgan fingerprint density at radius 2 is 1.15 bits per heavy atom. The first-order chi connectivity index (χ1) is 11.8. The largest absolute Gasteiger partial charge is 4.00 e. The third-order valence-electron chi connectivity index (χ3n) is 4.32. The minimum absolute atomic E-state index is 0. The van der Waals surface area contributed by atoms with E-state index in [2.05, 4.69) is 54.6 Å². The van der Waals surface area contributed by atoms with Crippen molar-refractivity contribution in [3.63, 3.8) is 0 Å². The minimum atomic E-state index is 0. The van der Waals surface area contributed by atoms with E-state index in [-0.39, 0.29) is 29.1 Å². The van der Waals surface area contributed by atoms with Crippen molar-refractivity contribution < 1.29 is 21.7 Å². The van der Waals surface area contributed by atoms with Gasteiger partial charge >= 0.3 is 21.7 Å². The van der Waals surface area contributed by atoms with Crippen LogP contribution in [0.25, 0.3) is 21.5 Å². The Bertz CT molecular complexity index is 805. The van der Waals surface area contributed by atoms with E-state index in [4.69, 9.17) is 6.58 Å². The van der Waals surface area contributed by atoms with Crippen LogP contribution >= 0.6 is 0 Å². The maximum Gasteiger partial charge on any atom is 4.00 e. The SMILES string of the molecule is [CH-]=C1CCCC1.[CH3-].[Ti+4].c1cc[cH-]c1.c1ccc2c(c1)[cH-]c1ccccc12. The smallest absolute Gasteiger partial charge is 0.514 e. The molecule has 0 heterocycles. The quantitative estimate of drug-likeness (QED) is 0.221. The van der Waals surface area contributed by atoms with Crippen LogP contribution < -0.4 is 0 Å². The number of benzene rings is 2. The fourth-order valence-electron chi connectivity index (χ4n) is 3.05. The van der Waals surface area contributed by atoms with Gasteiger partial charge in [0.2, 0.25) is 0 Å². The van der Waals surface area contributed by atoms with Crippen LogP contribution in [0, 0.1) is 14.0 Å². The Labute approximate surface area is 173 Å². The van der Waals surface area contributed by atoms with Gasteiger partial charge in [-0.15, -0.1) is 39.7 Å². The van der Waals surface area contributed by atoms with Gasteiger partial charge in [-0.2, -0.15) is 18.2 Å². The van der Waals surface area contributed by atoms with E-state index in [1.54, 1.807) is 0 Å². The van der Waals surface area contributed by atoms with Crippen LogP contribution in [-0.4, -0.2) is 0 Å². The van der Waals surface area contributed by atoms with Crippen LogP contribution in [0.15, 0.2) is 90.5 Å². The van der Waals surface area contributed by atoms with E-state index in [0.717, 1.165) is 0 Å². The van der Waals surface area contributed by atoms with Crippen molar-refractivity contribution in [1.29, 1.82) is 0 Å². The summed E-state index contributed by atoms with van der Waals surface area (Å²) in [7, 11) is 0. The second-order valence-electron chi connectivity index (χ2n) is 6.15. The van der Waals surface area contributed by atoms with Crippen molar-refractivity contribution >= 4 is 21.5 Å². The molecule has 0 saturated heterocycles. The molecule has 0 radical (unpaired) electrons. The molecule has 130 valence electrons. The molecular formula is C25H26Ti. The Morgan fingerprint density at radius 1 is 0.692 bits per heavy atom. The zero-order valence-corrected chi connectivity index (χ0v) is 17.1.